The minimum absolute atomic E-state index is 0.344. The summed E-state index contributed by atoms with van der Waals surface area (Å²) in [4.78, 5) is 12.3. The van der Waals surface area contributed by atoms with Crippen LogP contribution < -0.4 is 10.6 Å². The van der Waals surface area contributed by atoms with Gasteiger partial charge < -0.3 is 15.6 Å². The molecule has 1 aliphatic heterocycles. The van der Waals surface area contributed by atoms with Crippen LogP contribution in [-0.2, 0) is 6.42 Å². The number of nitrogens with zero attached hydrogens (tertiary/aromatic N) is 2. The number of imidazole rings is 1. The second-order valence-corrected chi connectivity index (χ2v) is 7.89. The summed E-state index contributed by atoms with van der Waals surface area (Å²) in [6.07, 6.45) is 3.45. The third kappa shape index (κ3) is 4.19. The maximum absolute atomic E-state index is 4.60. The Morgan fingerprint density at radius 2 is 2.26 bits per heavy atom. The molecule has 2 heterocycles. The van der Waals surface area contributed by atoms with Crippen molar-refractivity contribution in [2.24, 2.45) is 4.99 Å². The summed E-state index contributed by atoms with van der Waals surface area (Å²) in [5.41, 5.74) is 2.12. The van der Waals surface area contributed by atoms with Crippen molar-refractivity contribution in [3.63, 3.8) is 0 Å². The second kappa shape index (κ2) is 7.25. The van der Waals surface area contributed by atoms with Gasteiger partial charge in [-0.2, -0.15) is 11.8 Å². The molecule has 1 aromatic carbocycles. The van der Waals surface area contributed by atoms with E-state index in [1.165, 1.54) is 18.6 Å². The van der Waals surface area contributed by atoms with Crippen LogP contribution in [0.5, 0.6) is 0 Å². The van der Waals surface area contributed by atoms with Gasteiger partial charge >= 0.3 is 0 Å². The molecular weight excluding hydrogens is 306 g/mol. The molecule has 0 radical (unpaired) electrons. The lowest BCUT2D eigenvalue weighted by Crippen LogP contribution is -2.44. The van der Waals surface area contributed by atoms with E-state index in [-0.39, 0.29) is 0 Å². The quantitative estimate of drug-likeness (QED) is 0.582. The van der Waals surface area contributed by atoms with E-state index in [9.17, 15) is 0 Å². The molecule has 0 aliphatic carbocycles. The molecule has 1 fully saturated rings. The third-order valence-electron chi connectivity index (χ3n) is 4.25. The first kappa shape index (κ1) is 16.2. The number of aromatic amines is 1. The van der Waals surface area contributed by atoms with Gasteiger partial charge in [-0.3, -0.25) is 4.99 Å². The summed E-state index contributed by atoms with van der Waals surface area (Å²) in [5.74, 6) is 3.15. The number of hydrogen-bond acceptors (Lipinski definition) is 3. The maximum Gasteiger partial charge on any atom is 0.191 e. The molecule has 0 bridgehead atoms. The predicted octanol–water partition coefficient (Wildman–Crippen LogP) is 2.56. The number of thioether (sulfide) groups is 1. The Balaban J connectivity index is 1.46. The normalized spacial score (nSPS) is 21.7. The van der Waals surface area contributed by atoms with Crippen LogP contribution in [0.2, 0.25) is 0 Å². The van der Waals surface area contributed by atoms with Gasteiger partial charge in [0.2, 0.25) is 0 Å². The van der Waals surface area contributed by atoms with Gasteiger partial charge in [0, 0.05) is 31.3 Å². The van der Waals surface area contributed by atoms with E-state index in [2.05, 4.69) is 50.3 Å². The summed E-state index contributed by atoms with van der Waals surface area (Å²) in [7, 11) is 1.82. The molecule has 1 unspecified atom stereocenters. The van der Waals surface area contributed by atoms with Gasteiger partial charge in [-0.05, 0) is 37.7 Å². The molecule has 1 saturated heterocycles. The Hall–Kier alpha value is -1.69. The van der Waals surface area contributed by atoms with Gasteiger partial charge in [-0.25, -0.2) is 4.98 Å². The minimum atomic E-state index is 0.344. The van der Waals surface area contributed by atoms with Crippen LogP contribution in [0.15, 0.2) is 29.3 Å². The molecule has 23 heavy (non-hydrogen) atoms. The molecule has 3 rings (SSSR count). The maximum atomic E-state index is 4.60. The fourth-order valence-electron chi connectivity index (χ4n) is 2.89. The van der Waals surface area contributed by atoms with Crippen molar-refractivity contribution in [2.45, 2.75) is 30.9 Å². The van der Waals surface area contributed by atoms with Gasteiger partial charge in [0.1, 0.15) is 5.82 Å². The number of nitrogens with one attached hydrogen (secondary N) is 3. The number of aromatic nitrogens is 2. The monoisotopic (exact) mass is 331 g/mol. The molecule has 1 atom stereocenters. The highest BCUT2D eigenvalue weighted by molar-refractivity contribution is 8.00. The van der Waals surface area contributed by atoms with E-state index in [0.717, 1.165) is 42.3 Å². The highest BCUT2D eigenvalue weighted by Gasteiger charge is 2.29. The number of hydrogen-bond donors (Lipinski definition) is 3. The van der Waals surface area contributed by atoms with Crippen molar-refractivity contribution >= 4 is 28.8 Å². The standard InChI is InChI=1S/C17H25N5S/c1-17(9-5-11-23-17)12-20-16(18-2)19-10-8-15-21-13-6-3-4-7-14(13)22-15/h3-4,6-7H,5,8-12H2,1-2H3,(H,21,22)(H2,18,19,20). The Labute approximate surface area is 141 Å². The summed E-state index contributed by atoms with van der Waals surface area (Å²) in [6, 6.07) is 8.12. The third-order valence-corrected chi connectivity index (χ3v) is 5.78. The molecule has 0 amide bonds. The molecule has 1 aliphatic rings. The SMILES string of the molecule is CN=C(NCCc1nc2ccccc2[nH]1)NCC1(C)CCCS1. The Kier molecular flexibility index (Phi) is 5.10. The van der Waals surface area contributed by atoms with Crippen molar-refractivity contribution in [3.05, 3.63) is 30.1 Å². The first-order chi connectivity index (χ1) is 11.2. The lowest BCUT2D eigenvalue weighted by Gasteiger charge is -2.24. The number of aliphatic imine (C=N–C) groups is 1. The van der Waals surface area contributed by atoms with E-state index in [0.29, 0.717) is 4.75 Å². The number of benzene rings is 1. The molecule has 124 valence electrons. The Bertz CT molecular complexity index is 639. The molecule has 2 aromatic rings. The van der Waals surface area contributed by atoms with E-state index in [4.69, 9.17) is 0 Å². The molecule has 3 N–H and O–H groups in total. The zero-order valence-corrected chi connectivity index (χ0v) is 14.7. The summed E-state index contributed by atoms with van der Waals surface area (Å²) in [6.45, 7) is 4.10. The molecule has 5 nitrogen and oxygen atoms in total. The van der Waals surface area contributed by atoms with E-state index >= 15 is 0 Å². The van der Waals surface area contributed by atoms with E-state index in [1.54, 1.807) is 0 Å². The fraction of sp³-hybridized carbons (Fsp3) is 0.529. The predicted molar refractivity (Wildman–Crippen MR) is 99.3 cm³/mol. The lowest BCUT2D eigenvalue weighted by molar-refractivity contribution is 0.584. The van der Waals surface area contributed by atoms with Crippen LogP contribution in [0, 0.1) is 0 Å². The Morgan fingerprint density at radius 1 is 1.39 bits per heavy atom. The van der Waals surface area contributed by atoms with E-state index < -0.39 is 0 Å². The lowest BCUT2D eigenvalue weighted by atomic mass is 10.1. The van der Waals surface area contributed by atoms with Crippen LogP contribution >= 0.6 is 11.8 Å². The molecule has 0 saturated carbocycles. The average molecular weight is 331 g/mol. The average Bonchev–Trinajstić information content (AvgIpc) is 3.17. The van der Waals surface area contributed by atoms with Crippen molar-refractivity contribution in [1.29, 1.82) is 0 Å². The zero-order chi connectivity index (χ0) is 16.1. The van der Waals surface area contributed by atoms with Crippen LogP contribution in [0.1, 0.15) is 25.6 Å². The van der Waals surface area contributed by atoms with Gasteiger partial charge in [0.15, 0.2) is 5.96 Å². The highest BCUT2D eigenvalue weighted by atomic mass is 32.2. The van der Waals surface area contributed by atoms with Crippen LogP contribution in [0.3, 0.4) is 0 Å². The number of H-pyrrole nitrogens is 1. The van der Waals surface area contributed by atoms with Crippen LogP contribution in [0.4, 0.5) is 0 Å². The fourth-order valence-corrected chi connectivity index (χ4v) is 4.14. The number of rotatable bonds is 5. The zero-order valence-electron chi connectivity index (χ0n) is 13.9. The summed E-state index contributed by atoms with van der Waals surface area (Å²) >= 11 is 2.06. The molecular formula is C17H25N5S. The molecule has 1 aromatic heterocycles. The van der Waals surface area contributed by atoms with Crippen molar-refractivity contribution in [2.75, 3.05) is 25.9 Å². The summed E-state index contributed by atoms with van der Waals surface area (Å²) in [5, 5.41) is 6.83. The number of guanidine groups is 1. The van der Waals surface area contributed by atoms with Gasteiger partial charge in [-0.1, -0.05) is 12.1 Å². The molecule has 6 heteroatoms. The minimum Gasteiger partial charge on any atom is -0.356 e. The van der Waals surface area contributed by atoms with Gasteiger partial charge in [0.05, 0.1) is 11.0 Å². The van der Waals surface area contributed by atoms with Crippen molar-refractivity contribution in [1.82, 2.24) is 20.6 Å². The first-order valence-corrected chi connectivity index (χ1v) is 9.19. The van der Waals surface area contributed by atoms with Crippen molar-refractivity contribution < 1.29 is 0 Å². The Morgan fingerprint density at radius 3 is 3.00 bits per heavy atom. The first-order valence-electron chi connectivity index (χ1n) is 8.21. The number of para-hydroxylation sites is 2. The second-order valence-electron chi connectivity index (χ2n) is 6.21. The number of fused-ring (bicyclic) bond motifs is 1. The van der Waals surface area contributed by atoms with Crippen LogP contribution in [-0.4, -0.2) is 46.6 Å². The van der Waals surface area contributed by atoms with Crippen LogP contribution in [0.25, 0.3) is 11.0 Å². The molecule has 0 spiro atoms. The van der Waals surface area contributed by atoms with Gasteiger partial charge in [0.25, 0.3) is 0 Å². The van der Waals surface area contributed by atoms with Crippen molar-refractivity contribution in [3.8, 4) is 0 Å². The smallest absolute Gasteiger partial charge is 0.191 e. The topological polar surface area (TPSA) is 65.1 Å². The summed E-state index contributed by atoms with van der Waals surface area (Å²) < 4.78 is 0.344. The van der Waals surface area contributed by atoms with Gasteiger partial charge in [-0.15, -0.1) is 0 Å². The largest absolute Gasteiger partial charge is 0.356 e. The highest BCUT2D eigenvalue weighted by Crippen LogP contribution is 2.36. The van der Waals surface area contributed by atoms with E-state index in [1.807, 2.05) is 25.2 Å².